The third kappa shape index (κ3) is 2.85. The van der Waals surface area contributed by atoms with Crippen molar-refractivity contribution in [3.05, 3.63) is 29.8 Å². The number of ketones is 1. The molecule has 0 radical (unpaired) electrons. The fourth-order valence-electron chi connectivity index (χ4n) is 1.20. The molecule has 0 aromatic heterocycles. The van der Waals surface area contributed by atoms with Crippen LogP contribution in [-0.4, -0.2) is 18.9 Å². The Bertz CT molecular complexity index is 323. The maximum absolute atomic E-state index is 10.9. The summed E-state index contributed by atoms with van der Waals surface area (Å²) in [6.07, 6.45) is 0.562. The number of Topliss-reactive ketones (excluding diaryl/α,β-unsaturated/α-hetero) is 1. The lowest BCUT2D eigenvalue weighted by Crippen LogP contribution is -2.30. The molecular formula is C11H15NO2. The number of carbonyl (C=O) groups is 1. The second-order valence-corrected chi connectivity index (χ2v) is 3.27. The van der Waals surface area contributed by atoms with E-state index in [0.29, 0.717) is 6.42 Å². The van der Waals surface area contributed by atoms with Crippen molar-refractivity contribution in [1.29, 1.82) is 0 Å². The Labute approximate surface area is 83.9 Å². The highest BCUT2D eigenvalue weighted by atomic mass is 16.5. The number of carbonyl (C=O) groups excluding carboxylic acids is 1. The topological polar surface area (TPSA) is 52.3 Å². The number of nitrogens with two attached hydrogens (primary N) is 1. The van der Waals surface area contributed by atoms with Gasteiger partial charge in [-0.1, -0.05) is 12.1 Å². The van der Waals surface area contributed by atoms with Crippen molar-refractivity contribution in [2.24, 2.45) is 5.73 Å². The standard InChI is InChI=1S/C11H15NO2/c1-8(13)11(12)7-9-4-3-5-10(6-9)14-2/h3-6,11H,7,12H2,1-2H3/t11-/m0/s1. The maximum atomic E-state index is 10.9. The molecule has 0 aliphatic rings. The summed E-state index contributed by atoms with van der Waals surface area (Å²) in [7, 11) is 1.62. The number of methoxy groups -OCH3 is 1. The van der Waals surface area contributed by atoms with Gasteiger partial charge in [0.25, 0.3) is 0 Å². The molecule has 0 saturated heterocycles. The summed E-state index contributed by atoms with van der Waals surface area (Å²) in [4.78, 5) is 10.9. The molecular weight excluding hydrogens is 178 g/mol. The third-order valence-electron chi connectivity index (χ3n) is 2.11. The van der Waals surface area contributed by atoms with Gasteiger partial charge in [0, 0.05) is 0 Å². The highest BCUT2D eigenvalue weighted by molar-refractivity contribution is 5.81. The van der Waals surface area contributed by atoms with E-state index in [1.807, 2.05) is 24.3 Å². The van der Waals surface area contributed by atoms with Crippen LogP contribution in [0.3, 0.4) is 0 Å². The van der Waals surface area contributed by atoms with Gasteiger partial charge in [-0.25, -0.2) is 0 Å². The molecule has 1 rings (SSSR count). The first-order chi connectivity index (χ1) is 6.63. The van der Waals surface area contributed by atoms with E-state index in [-0.39, 0.29) is 5.78 Å². The molecule has 3 nitrogen and oxygen atoms in total. The molecule has 2 N–H and O–H groups in total. The van der Waals surface area contributed by atoms with Gasteiger partial charge >= 0.3 is 0 Å². The van der Waals surface area contributed by atoms with Gasteiger partial charge in [0.15, 0.2) is 0 Å². The lowest BCUT2D eigenvalue weighted by atomic mass is 10.0. The number of hydrogen-bond donors (Lipinski definition) is 1. The van der Waals surface area contributed by atoms with Crippen LogP contribution in [0.25, 0.3) is 0 Å². The molecule has 76 valence electrons. The van der Waals surface area contributed by atoms with E-state index < -0.39 is 6.04 Å². The minimum absolute atomic E-state index is 0.00724. The van der Waals surface area contributed by atoms with Crippen molar-refractivity contribution < 1.29 is 9.53 Å². The van der Waals surface area contributed by atoms with Crippen LogP contribution in [0.5, 0.6) is 5.75 Å². The molecule has 0 heterocycles. The van der Waals surface area contributed by atoms with Gasteiger partial charge in [-0.15, -0.1) is 0 Å². The van der Waals surface area contributed by atoms with Gasteiger partial charge < -0.3 is 10.5 Å². The zero-order chi connectivity index (χ0) is 10.6. The van der Waals surface area contributed by atoms with Crippen molar-refractivity contribution in [1.82, 2.24) is 0 Å². The summed E-state index contributed by atoms with van der Waals surface area (Å²) in [5, 5.41) is 0. The Balaban J connectivity index is 2.71. The zero-order valence-electron chi connectivity index (χ0n) is 8.49. The van der Waals surface area contributed by atoms with Crippen LogP contribution in [0, 0.1) is 0 Å². The molecule has 0 amide bonds. The van der Waals surface area contributed by atoms with Gasteiger partial charge in [-0.3, -0.25) is 4.79 Å². The molecule has 1 aromatic rings. The van der Waals surface area contributed by atoms with E-state index in [1.54, 1.807) is 7.11 Å². The van der Waals surface area contributed by atoms with Gasteiger partial charge in [-0.05, 0) is 31.0 Å². The van der Waals surface area contributed by atoms with E-state index in [1.165, 1.54) is 6.92 Å². The fourth-order valence-corrected chi connectivity index (χ4v) is 1.20. The van der Waals surface area contributed by atoms with Crippen LogP contribution < -0.4 is 10.5 Å². The van der Waals surface area contributed by atoms with E-state index in [2.05, 4.69) is 0 Å². The Morgan fingerprint density at radius 2 is 2.29 bits per heavy atom. The van der Waals surface area contributed by atoms with E-state index in [9.17, 15) is 4.79 Å². The largest absolute Gasteiger partial charge is 0.497 e. The predicted molar refractivity (Wildman–Crippen MR) is 55.4 cm³/mol. The molecule has 1 aromatic carbocycles. The molecule has 14 heavy (non-hydrogen) atoms. The van der Waals surface area contributed by atoms with Crippen molar-refractivity contribution in [2.75, 3.05) is 7.11 Å². The summed E-state index contributed by atoms with van der Waals surface area (Å²) in [6, 6.07) is 7.17. The Kier molecular flexibility index (Phi) is 3.65. The van der Waals surface area contributed by atoms with Gasteiger partial charge in [-0.2, -0.15) is 0 Å². The van der Waals surface area contributed by atoms with Gasteiger partial charge in [0.1, 0.15) is 11.5 Å². The molecule has 0 spiro atoms. The number of ether oxygens (including phenoxy) is 1. The monoisotopic (exact) mass is 193 g/mol. The van der Waals surface area contributed by atoms with Crippen molar-refractivity contribution >= 4 is 5.78 Å². The van der Waals surface area contributed by atoms with Crippen LogP contribution >= 0.6 is 0 Å². The molecule has 0 unspecified atom stereocenters. The molecule has 3 heteroatoms. The number of rotatable bonds is 4. The normalized spacial score (nSPS) is 12.2. The lowest BCUT2D eigenvalue weighted by Gasteiger charge is -2.08. The average Bonchev–Trinajstić information content (AvgIpc) is 2.18. The van der Waals surface area contributed by atoms with Crippen LogP contribution in [0.4, 0.5) is 0 Å². The Hall–Kier alpha value is -1.35. The first-order valence-corrected chi connectivity index (χ1v) is 4.52. The second-order valence-electron chi connectivity index (χ2n) is 3.27. The summed E-state index contributed by atoms with van der Waals surface area (Å²) >= 11 is 0. The SMILES string of the molecule is COc1cccc(C[C@H](N)C(C)=O)c1. The Morgan fingerprint density at radius 3 is 2.86 bits per heavy atom. The van der Waals surface area contributed by atoms with E-state index in [0.717, 1.165) is 11.3 Å². The lowest BCUT2D eigenvalue weighted by molar-refractivity contribution is -0.118. The molecule has 0 fully saturated rings. The van der Waals surface area contributed by atoms with Crippen LogP contribution in [0.2, 0.25) is 0 Å². The number of benzene rings is 1. The van der Waals surface area contributed by atoms with Gasteiger partial charge in [0.2, 0.25) is 0 Å². The third-order valence-corrected chi connectivity index (χ3v) is 2.11. The summed E-state index contributed by atoms with van der Waals surface area (Å²) < 4.78 is 5.07. The highest BCUT2D eigenvalue weighted by Gasteiger charge is 2.08. The first-order valence-electron chi connectivity index (χ1n) is 4.52. The van der Waals surface area contributed by atoms with E-state index in [4.69, 9.17) is 10.5 Å². The number of hydrogen-bond acceptors (Lipinski definition) is 3. The minimum atomic E-state index is -0.415. The quantitative estimate of drug-likeness (QED) is 0.780. The molecule has 0 saturated carbocycles. The van der Waals surface area contributed by atoms with Crippen molar-refractivity contribution in [3.8, 4) is 5.75 Å². The molecule has 1 atom stereocenters. The molecule has 0 aliphatic carbocycles. The minimum Gasteiger partial charge on any atom is -0.497 e. The maximum Gasteiger partial charge on any atom is 0.146 e. The van der Waals surface area contributed by atoms with E-state index >= 15 is 0 Å². The van der Waals surface area contributed by atoms with Crippen LogP contribution in [0.15, 0.2) is 24.3 Å². The average molecular weight is 193 g/mol. The Morgan fingerprint density at radius 1 is 1.57 bits per heavy atom. The van der Waals surface area contributed by atoms with Crippen molar-refractivity contribution in [3.63, 3.8) is 0 Å². The fraction of sp³-hybridized carbons (Fsp3) is 0.364. The molecule has 0 bridgehead atoms. The van der Waals surface area contributed by atoms with Crippen LogP contribution in [-0.2, 0) is 11.2 Å². The molecule has 0 aliphatic heterocycles. The first kappa shape index (κ1) is 10.7. The zero-order valence-corrected chi connectivity index (χ0v) is 8.49. The second kappa shape index (κ2) is 4.77. The highest BCUT2D eigenvalue weighted by Crippen LogP contribution is 2.13. The summed E-state index contributed by atoms with van der Waals surface area (Å²) in [5.41, 5.74) is 6.67. The predicted octanol–water partition coefficient (Wildman–Crippen LogP) is 1.15. The van der Waals surface area contributed by atoms with Crippen LogP contribution in [0.1, 0.15) is 12.5 Å². The van der Waals surface area contributed by atoms with Crippen molar-refractivity contribution in [2.45, 2.75) is 19.4 Å². The van der Waals surface area contributed by atoms with Gasteiger partial charge in [0.05, 0.1) is 13.2 Å². The summed E-state index contributed by atoms with van der Waals surface area (Å²) in [6.45, 7) is 1.50. The smallest absolute Gasteiger partial charge is 0.146 e. The summed E-state index contributed by atoms with van der Waals surface area (Å²) in [5.74, 6) is 0.797.